The fraction of sp³-hybridized carbons (Fsp3) is 0.647. The predicted octanol–water partition coefficient (Wildman–Crippen LogP) is 4.30. The van der Waals surface area contributed by atoms with Gasteiger partial charge in [0.1, 0.15) is 0 Å². The maximum absolute atomic E-state index is 12.5. The number of hydrogen-bond acceptors (Lipinski definition) is 2. The van der Waals surface area contributed by atoms with E-state index in [2.05, 4.69) is 39.3 Å². The Labute approximate surface area is 130 Å². The lowest BCUT2D eigenvalue weighted by Gasteiger charge is -2.33. The maximum atomic E-state index is 12.5. The first kappa shape index (κ1) is 18.2. The molecule has 1 aromatic carbocycles. The molecule has 0 aliphatic heterocycles. The molecule has 1 N–H and O–H groups in total. The van der Waals surface area contributed by atoms with Crippen LogP contribution in [-0.4, -0.2) is 14.0 Å². The van der Waals surface area contributed by atoms with Gasteiger partial charge in [-0.25, -0.2) is 13.1 Å². The lowest BCUT2D eigenvalue weighted by atomic mass is 9.82. The van der Waals surface area contributed by atoms with Crippen LogP contribution in [0.3, 0.4) is 0 Å². The first-order valence-corrected chi connectivity index (χ1v) is 8.95. The molecule has 0 saturated heterocycles. The Morgan fingerprint density at radius 3 is 1.86 bits per heavy atom. The van der Waals surface area contributed by atoms with Crippen molar-refractivity contribution < 1.29 is 8.42 Å². The fourth-order valence-electron chi connectivity index (χ4n) is 2.82. The molecule has 0 unspecified atom stereocenters. The number of nitrogens with one attached hydrogen (secondary N) is 1. The Kier molecular flexibility index (Phi) is 5.27. The van der Waals surface area contributed by atoms with Gasteiger partial charge in [0, 0.05) is 5.54 Å². The fourth-order valence-corrected chi connectivity index (χ4v) is 4.23. The predicted molar refractivity (Wildman–Crippen MR) is 89.0 cm³/mol. The van der Waals surface area contributed by atoms with E-state index in [1.54, 1.807) is 12.1 Å². The third-order valence-electron chi connectivity index (χ3n) is 3.24. The molecular formula is C17H29NO2S. The van der Waals surface area contributed by atoms with Crippen LogP contribution in [0.5, 0.6) is 0 Å². The second-order valence-electron chi connectivity index (χ2n) is 7.95. The van der Waals surface area contributed by atoms with Crippen LogP contribution in [0.4, 0.5) is 0 Å². The smallest absolute Gasteiger partial charge is 0.207 e. The highest BCUT2D eigenvalue weighted by atomic mass is 32.2. The third kappa shape index (κ3) is 5.79. The summed E-state index contributed by atoms with van der Waals surface area (Å²) in [5.41, 5.74) is 0.726. The minimum atomic E-state index is -3.48. The molecule has 0 aromatic heterocycles. The summed E-state index contributed by atoms with van der Waals surface area (Å²) >= 11 is 0. The van der Waals surface area contributed by atoms with Gasteiger partial charge in [-0.2, -0.15) is 0 Å². The average molecular weight is 311 g/mol. The van der Waals surface area contributed by atoms with Crippen LogP contribution in [0.2, 0.25) is 0 Å². The van der Waals surface area contributed by atoms with Crippen LogP contribution in [0, 0.1) is 5.41 Å². The molecule has 0 fully saturated rings. The Bertz CT molecular complexity index is 564. The average Bonchev–Trinajstić information content (AvgIpc) is 2.24. The molecule has 4 heteroatoms. The van der Waals surface area contributed by atoms with Crippen LogP contribution in [0.15, 0.2) is 29.2 Å². The monoisotopic (exact) mass is 311 g/mol. The molecule has 0 radical (unpaired) electrons. The molecule has 0 atom stereocenters. The molecule has 0 bridgehead atoms. The van der Waals surface area contributed by atoms with Crippen molar-refractivity contribution in [3.63, 3.8) is 0 Å². The molecule has 0 spiro atoms. The van der Waals surface area contributed by atoms with Gasteiger partial charge in [-0.05, 0) is 49.3 Å². The molecule has 120 valence electrons. The molecule has 21 heavy (non-hydrogen) atoms. The van der Waals surface area contributed by atoms with E-state index in [0.717, 1.165) is 12.0 Å². The highest BCUT2D eigenvalue weighted by molar-refractivity contribution is 7.89. The first-order chi connectivity index (χ1) is 9.32. The van der Waals surface area contributed by atoms with Gasteiger partial charge in [0.15, 0.2) is 0 Å². The second kappa shape index (κ2) is 6.09. The summed E-state index contributed by atoms with van der Waals surface area (Å²) < 4.78 is 27.8. The summed E-state index contributed by atoms with van der Waals surface area (Å²) in [7, 11) is -3.48. The third-order valence-corrected chi connectivity index (χ3v) is 4.95. The zero-order valence-corrected chi connectivity index (χ0v) is 15.1. The quantitative estimate of drug-likeness (QED) is 0.881. The second-order valence-corrected chi connectivity index (χ2v) is 9.63. The van der Waals surface area contributed by atoms with Crippen molar-refractivity contribution in [2.24, 2.45) is 5.41 Å². The molecule has 0 saturated carbocycles. The minimum Gasteiger partial charge on any atom is -0.207 e. The zero-order chi connectivity index (χ0) is 16.5. The minimum absolute atomic E-state index is 0.0630. The highest BCUT2D eigenvalue weighted by Gasteiger charge is 2.30. The van der Waals surface area contributed by atoms with Crippen LogP contribution in [0.25, 0.3) is 0 Å². The van der Waals surface area contributed by atoms with Gasteiger partial charge in [0.2, 0.25) is 10.0 Å². The van der Waals surface area contributed by atoms with Crippen LogP contribution in [0.1, 0.15) is 66.4 Å². The van der Waals surface area contributed by atoms with Gasteiger partial charge in [0.25, 0.3) is 0 Å². The topological polar surface area (TPSA) is 46.2 Å². The van der Waals surface area contributed by atoms with Gasteiger partial charge < -0.3 is 0 Å². The van der Waals surface area contributed by atoms with E-state index in [9.17, 15) is 8.42 Å². The van der Waals surface area contributed by atoms with E-state index >= 15 is 0 Å². The molecule has 3 nitrogen and oxygen atoms in total. The van der Waals surface area contributed by atoms with E-state index in [1.165, 1.54) is 0 Å². The Morgan fingerprint density at radius 1 is 1.00 bits per heavy atom. The van der Waals surface area contributed by atoms with Crippen molar-refractivity contribution in [1.29, 1.82) is 0 Å². The maximum Gasteiger partial charge on any atom is 0.241 e. The normalized spacial score (nSPS) is 13.7. The van der Waals surface area contributed by atoms with Crippen molar-refractivity contribution in [3.8, 4) is 0 Å². The Balaban J connectivity index is 2.96. The van der Waals surface area contributed by atoms with Crippen molar-refractivity contribution >= 4 is 10.0 Å². The Morgan fingerprint density at radius 2 is 1.48 bits per heavy atom. The van der Waals surface area contributed by atoms with E-state index in [1.807, 2.05) is 26.0 Å². The van der Waals surface area contributed by atoms with Gasteiger partial charge >= 0.3 is 0 Å². The van der Waals surface area contributed by atoms with Crippen molar-refractivity contribution in [1.82, 2.24) is 4.72 Å². The standard InChI is InChI=1S/C17H29NO2S/c1-13(2)14-8-10-15(11-9-14)21(19,20)18-17(6,7)12-16(3,4)5/h8-11,13,18H,12H2,1-7H3. The van der Waals surface area contributed by atoms with Gasteiger partial charge in [-0.15, -0.1) is 0 Å². The van der Waals surface area contributed by atoms with E-state index in [4.69, 9.17) is 0 Å². The molecular weight excluding hydrogens is 282 g/mol. The molecule has 1 rings (SSSR count). The molecule has 0 aliphatic rings. The summed E-state index contributed by atoms with van der Waals surface area (Å²) in [5, 5.41) is 0. The molecule has 0 heterocycles. The van der Waals surface area contributed by atoms with Crippen molar-refractivity contribution in [2.75, 3.05) is 0 Å². The van der Waals surface area contributed by atoms with E-state index in [0.29, 0.717) is 10.8 Å². The summed E-state index contributed by atoms with van der Waals surface area (Å²) in [5.74, 6) is 0.395. The highest BCUT2D eigenvalue weighted by Crippen LogP contribution is 2.28. The molecule has 1 aromatic rings. The number of benzene rings is 1. The van der Waals surface area contributed by atoms with Gasteiger partial charge in [0.05, 0.1) is 4.90 Å². The number of hydrogen-bond donors (Lipinski definition) is 1. The molecule has 0 aliphatic carbocycles. The molecule has 0 amide bonds. The summed E-state index contributed by atoms with van der Waals surface area (Å²) in [6.07, 6.45) is 0.767. The van der Waals surface area contributed by atoms with Crippen molar-refractivity contribution in [3.05, 3.63) is 29.8 Å². The Hall–Kier alpha value is -0.870. The largest absolute Gasteiger partial charge is 0.241 e. The first-order valence-electron chi connectivity index (χ1n) is 7.46. The van der Waals surface area contributed by atoms with Gasteiger partial charge in [-0.3, -0.25) is 0 Å². The van der Waals surface area contributed by atoms with E-state index in [-0.39, 0.29) is 5.41 Å². The zero-order valence-electron chi connectivity index (χ0n) is 14.3. The van der Waals surface area contributed by atoms with Crippen LogP contribution >= 0.6 is 0 Å². The lowest BCUT2D eigenvalue weighted by molar-refractivity contribution is 0.269. The van der Waals surface area contributed by atoms with E-state index < -0.39 is 15.6 Å². The van der Waals surface area contributed by atoms with Crippen LogP contribution in [-0.2, 0) is 10.0 Å². The lowest BCUT2D eigenvalue weighted by Crippen LogP contribution is -2.45. The summed E-state index contributed by atoms with van der Waals surface area (Å²) in [4.78, 5) is 0.328. The van der Waals surface area contributed by atoms with Crippen LogP contribution < -0.4 is 4.72 Å². The number of rotatable bonds is 5. The number of sulfonamides is 1. The van der Waals surface area contributed by atoms with Crippen molar-refractivity contribution in [2.45, 2.75) is 71.2 Å². The summed E-state index contributed by atoms with van der Waals surface area (Å²) in [6, 6.07) is 7.14. The SMILES string of the molecule is CC(C)c1ccc(S(=O)(=O)NC(C)(C)CC(C)(C)C)cc1. The van der Waals surface area contributed by atoms with Gasteiger partial charge in [-0.1, -0.05) is 46.8 Å². The summed E-state index contributed by atoms with van der Waals surface area (Å²) in [6.45, 7) is 14.4.